The Morgan fingerprint density at radius 3 is 2.61 bits per heavy atom. The molecular formula is C36H41FN6O6. The van der Waals surface area contributed by atoms with Crippen molar-refractivity contribution in [2.45, 2.75) is 83.0 Å². The molecule has 4 heterocycles. The minimum Gasteiger partial charge on any atom is -0.472 e. The third-order valence-corrected chi connectivity index (χ3v) is 11.2. The second kappa shape index (κ2) is 12.0. The molecule has 49 heavy (non-hydrogen) atoms. The number of hydrogen-bond donors (Lipinski definition) is 2. The van der Waals surface area contributed by atoms with E-state index >= 15 is 4.39 Å². The van der Waals surface area contributed by atoms with Gasteiger partial charge in [0.25, 0.3) is 5.91 Å². The van der Waals surface area contributed by atoms with Gasteiger partial charge in [0, 0.05) is 19.2 Å². The molecule has 1 spiro atoms. The highest BCUT2D eigenvalue weighted by molar-refractivity contribution is 6.01. The number of carbonyl (C=O) groups excluding carboxylic acids is 4. The van der Waals surface area contributed by atoms with Gasteiger partial charge in [0.15, 0.2) is 11.6 Å². The summed E-state index contributed by atoms with van der Waals surface area (Å²) in [6.45, 7) is 7.18. The summed E-state index contributed by atoms with van der Waals surface area (Å²) in [5.41, 5.74) is -1.54. The summed E-state index contributed by atoms with van der Waals surface area (Å²) < 4.78 is 27.2. The average molecular weight is 673 g/mol. The number of nitrogens with zero attached hydrogens (tertiary/aromatic N) is 4. The number of ether oxygens (including phenoxy) is 2. The van der Waals surface area contributed by atoms with Crippen LogP contribution in [0.15, 0.2) is 48.7 Å². The normalized spacial score (nSPS) is 32.4. The van der Waals surface area contributed by atoms with Crippen LogP contribution in [-0.4, -0.2) is 81.6 Å². The van der Waals surface area contributed by atoms with Crippen LogP contribution in [0.2, 0.25) is 0 Å². The second-order valence-electron chi connectivity index (χ2n) is 15.2. The first-order valence-electron chi connectivity index (χ1n) is 16.9. The molecule has 2 saturated carbocycles. The van der Waals surface area contributed by atoms with Gasteiger partial charge in [-0.1, -0.05) is 51.1 Å². The number of carbonyl (C=O) groups is 4. The number of alkyl halides is 1. The molecule has 2 N–H and O–H groups in total. The van der Waals surface area contributed by atoms with Gasteiger partial charge < -0.3 is 29.9 Å². The first kappa shape index (κ1) is 32.8. The van der Waals surface area contributed by atoms with Crippen molar-refractivity contribution in [3.63, 3.8) is 0 Å². The molecule has 258 valence electrons. The van der Waals surface area contributed by atoms with E-state index in [0.29, 0.717) is 18.6 Å². The molecule has 2 bridgehead atoms. The monoisotopic (exact) mass is 672 g/mol. The molecule has 1 aromatic heterocycles. The van der Waals surface area contributed by atoms with Gasteiger partial charge in [-0.3, -0.25) is 14.4 Å². The molecule has 10 atom stereocenters. The number of halogens is 1. The molecule has 2 saturated heterocycles. The number of amides is 4. The number of benzene rings is 1. The maximum absolute atomic E-state index is 15.4. The fraction of sp³-hybridized carbons (Fsp3) is 0.556. The van der Waals surface area contributed by atoms with Gasteiger partial charge >= 0.3 is 6.09 Å². The summed E-state index contributed by atoms with van der Waals surface area (Å²) in [7, 11) is 0. The summed E-state index contributed by atoms with van der Waals surface area (Å²) in [4.78, 5) is 63.0. The minimum atomic E-state index is -1.54. The van der Waals surface area contributed by atoms with E-state index in [0.717, 1.165) is 5.56 Å². The summed E-state index contributed by atoms with van der Waals surface area (Å²) in [5, 5.41) is 15.8. The Bertz CT molecular complexity index is 1710. The van der Waals surface area contributed by atoms with Crippen LogP contribution in [0.5, 0.6) is 5.75 Å². The molecule has 0 radical (unpaired) electrons. The van der Waals surface area contributed by atoms with Crippen molar-refractivity contribution in [1.29, 1.82) is 5.26 Å². The van der Waals surface area contributed by atoms with Crippen LogP contribution in [0.3, 0.4) is 0 Å². The van der Waals surface area contributed by atoms with E-state index < -0.39 is 77.1 Å². The van der Waals surface area contributed by atoms with Gasteiger partial charge in [-0.05, 0) is 66.5 Å². The smallest absolute Gasteiger partial charge is 0.408 e. The number of rotatable bonds is 5. The SMILES string of the molecule is CC(OC(=O)NC(C(=O)N1CC2C3CC(F)C(C3)C2C1C(=O)N1CC2(CC1C#N)Oc1cccnc1NC2=O)C(C)(C)C)c1ccccc1. The van der Waals surface area contributed by atoms with E-state index in [1.54, 1.807) is 19.1 Å². The van der Waals surface area contributed by atoms with E-state index in [9.17, 15) is 24.4 Å². The van der Waals surface area contributed by atoms with Crippen molar-refractivity contribution < 1.29 is 33.0 Å². The molecule has 2 aliphatic carbocycles. The Balaban J connectivity index is 1.17. The van der Waals surface area contributed by atoms with Crippen LogP contribution in [0.4, 0.5) is 15.0 Å². The predicted molar refractivity (Wildman–Crippen MR) is 173 cm³/mol. The number of pyridine rings is 1. The van der Waals surface area contributed by atoms with Crippen molar-refractivity contribution in [1.82, 2.24) is 20.1 Å². The van der Waals surface area contributed by atoms with Gasteiger partial charge in [0.2, 0.25) is 17.4 Å². The summed E-state index contributed by atoms with van der Waals surface area (Å²) in [6, 6.07) is 11.5. The number of nitriles is 1. The highest BCUT2D eigenvalue weighted by Gasteiger charge is 2.65. The van der Waals surface area contributed by atoms with Gasteiger partial charge in [-0.15, -0.1) is 0 Å². The number of likely N-dealkylation sites (tertiary alicyclic amines) is 2. The minimum absolute atomic E-state index is 0.0176. The number of aromatic nitrogens is 1. The van der Waals surface area contributed by atoms with Crippen LogP contribution in [0.25, 0.3) is 0 Å². The zero-order chi connectivity index (χ0) is 34.8. The first-order valence-corrected chi connectivity index (χ1v) is 16.9. The van der Waals surface area contributed by atoms with E-state index in [-0.39, 0.29) is 37.2 Å². The van der Waals surface area contributed by atoms with Crippen molar-refractivity contribution in [3.8, 4) is 11.8 Å². The molecule has 5 aliphatic rings. The lowest BCUT2D eigenvalue weighted by Gasteiger charge is -2.39. The van der Waals surface area contributed by atoms with Gasteiger partial charge in [0.1, 0.15) is 30.4 Å². The predicted octanol–water partition coefficient (Wildman–Crippen LogP) is 4.00. The number of alkyl carbamates (subject to hydrolysis) is 1. The molecule has 7 rings (SSSR count). The number of anilines is 1. The molecular weight excluding hydrogens is 631 g/mol. The number of hydrogen-bond acceptors (Lipinski definition) is 8. The van der Waals surface area contributed by atoms with E-state index in [4.69, 9.17) is 9.47 Å². The fourth-order valence-electron chi connectivity index (χ4n) is 8.84. The van der Waals surface area contributed by atoms with E-state index in [1.807, 2.05) is 51.1 Å². The number of nitrogens with one attached hydrogen (secondary N) is 2. The molecule has 12 nitrogen and oxygen atoms in total. The summed E-state index contributed by atoms with van der Waals surface area (Å²) in [6.07, 6.45) is -0.0150. The Kier molecular flexibility index (Phi) is 8.03. The van der Waals surface area contributed by atoms with Gasteiger partial charge in [-0.25, -0.2) is 14.2 Å². The van der Waals surface area contributed by atoms with Crippen molar-refractivity contribution in [3.05, 3.63) is 54.2 Å². The summed E-state index contributed by atoms with van der Waals surface area (Å²) in [5.74, 6) is -1.91. The quantitative estimate of drug-likeness (QED) is 0.484. The Hall–Kier alpha value is -4.73. The molecule has 2 aromatic rings. The Morgan fingerprint density at radius 2 is 1.90 bits per heavy atom. The third kappa shape index (κ3) is 5.55. The van der Waals surface area contributed by atoms with Gasteiger partial charge in [-0.2, -0.15) is 5.26 Å². The molecule has 4 amide bonds. The molecule has 13 heteroatoms. The third-order valence-electron chi connectivity index (χ3n) is 11.2. The fourth-order valence-corrected chi connectivity index (χ4v) is 8.84. The lowest BCUT2D eigenvalue weighted by molar-refractivity contribution is -0.149. The van der Waals surface area contributed by atoms with Crippen LogP contribution >= 0.6 is 0 Å². The maximum atomic E-state index is 15.4. The first-order chi connectivity index (χ1) is 23.3. The van der Waals surface area contributed by atoms with Crippen molar-refractivity contribution >= 4 is 29.6 Å². The molecule has 4 fully saturated rings. The van der Waals surface area contributed by atoms with Crippen LogP contribution in [-0.2, 0) is 19.1 Å². The van der Waals surface area contributed by atoms with Crippen molar-refractivity contribution in [2.24, 2.45) is 29.1 Å². The highest BCUT2D eigenvalue weighted by Crippen LogP contribution is 2.59. The second-order valence-corrected chi connectivity index (χ2v) is 15.2. The number of fused-ring (bicyclic) bond motifs is 6. The maximum Gasteiger partial charge on any atom is 0.408 e. The lowest BCUT2D eigenvalue weighted by Crippen LogP contribution is -2.60. The van der Waals surface area contributed by atoms with E-state index in [2.05, 4.69) is 21.7 Å². The van der Waals surface area contributed by atoms with Crippen molar-refractivity contribution in [2.75, 3.05) is 18.4 Å². The average Bonchev–Trinajstić information content (AvgIpc) is 3.83. The summed E-state index contributed by atoms with van der Waals surface area (Å²) >= 11 is 0. The molecule has 1 aromatic carbocycles. The van der Waals surface area contributed by atoms with Crippen LogP contribution < -0.4 is 15.4 Å². The molecule has 3 aliphatic heterocycles. The Morgan fingerprint density at radius 1 is 1.14 bits per heavy atom. The standard InChI is InChI=1S/C36H41FN6O6/c1-19(20-9-6-5-7-10-20)48-34(47)40-29(35(2,3)4)32(45)42-17-24-21-13-23(25(37)14-21)27(24)28(42)31(44)43-18-36(15-22(43)16-38)33(46)41-30-26(49-36)11-8-12-39-30/h5-12,19,21-25,27-29H,13-15,17-18H2,1-4H3,(H,40,47)(H,39,41,46). The largest absolute Gasteiger partial charge is 0.472 e. The van der Waals surface area contributed by atoms with Gasteiger partial charge in [0.05, 0.1) is 12.6 Å². The zero-order valence-electron chi connectivity index (χ0n) is 28.0. The highest BCUT2D eigenvalue weighted by atomic mass is 19.1. The lowest BCUT2D eigenvalue weighted by atomic mass is 9.77. The zero-order valence-corrected chi connectivity index (χ0v) is 28.0. The Labute approximate surface area is 284 Å². The topological polar surface area (TPSA) is 154 Å². The molecule has 10 unspecified atom stereocenters. The van der Waals surface area contributed by atoms with Crippen LogP contribution in [0.1, 0.15) is 58.6 Å². The van der Waals surface area contributed by atoms with E-state index in [1.165, 1.54) is 16.0 Å². The van der Waals surface area contributed by atoms with Crippen LogP contribution in [0, 0.1) is 40.4 Å².